The number of ether oxygens (including phenoxy) is 1. The Morgan fingerprint density at radius 3 is 3.17 bits per heavy atom. The van der Waals surface area contributed by atoms with Crippen molar-refractivity contribution in [3.8, 4) is 0 Å². The zero-order chi connectivity index (χ0) is 15.8. The number of nitrogens with one attached hydrogen (secondary N) is 1. The lowest BCUT2D eigenvalue weighted by Gasteiger charge is -2.09. The zero-order valence-corrected chi connectivity index (χ0v) is 13.7. The van der Waals surface area contributed by atoms with E-state index in [-0.39, 0.29) is 11.7 Å². The van der Waals surface area contributed by atoms with E-state index in [9.17, 15) is 4.79 Å². The molecule has 0 unspecified atom stereocenters. The Morgan fingerprint density at radius 2 is 2.30 bits per heavy atom. The minimum atomic E-state index is -0.289. The molecule has 3 aromatic heterocycles. The van der Waals surface area contributed by atoms with E-state index >= 15 is 0 Å². The standard InChI is InChI=1S/C15H17N5O2S/c1-22-7-6-16-14(21)12-18-13-11-9-4-2-3-5-10(9)23-15(11)17-8-20(13)19-12/h8H,2-7H2,1H3,(H,16,21). The van der Waals surface area contributed by atoms with E-state index in [4.69, 9.17) is 4.74 Å². The van der Waals surface area contributed by atoms with Crippen LogP contribution in [0.5, 0.6) is 0 Å². The van der Waals surface area contributed by atoms with E-state index in [2.05, 4.69) is 20.4 Å². The summed E-state index contributed by atoms with van der Waals surface area (Å²) >= 11 is 1.74. The maximum absolute atomic E-state index is 12.1. The number of hydrogen-bond acceptors (Lipinski definition) is 6. The van der Waals surface area contributed by atoms with Crippen LogP contribution in [0, 0.1) is 0 Å². The number of carbonyl (C=O) groups is 1. The number of fused-ring (bicyclic) bond motifs is 5. The third kappa shape index (κ3) is 2.47. The monoisotopic (exact) mass is 331 g/mol. The molecule has 4 rings (SSSR count). The van der Waals surface area contributed by atoms with Crippen LogP contribution in [-0.4, -0.2) is 45.8 Å². The first-order chi connectivity index (χ1) is 11.3. The lowest BCUT2D eigenvalue weighted by Crippen LogP contribution is -2.27. The van der Waals surface area contributed by atoms with Gasteiger partial charge in [-0.15, -0.1) is 16.4 Å². The summed E-state index contributed by atoms with van der Waals surface area (Å²) in [5.74, 6) is -0.117. The fourth-order valence-electron chi connectivity index (χ4n) is 3.00. The van der Waals surface area contributed by atoms with Gasteiger partial charge in [0.05, 0.1) is 12.0 Å². The van der Waals surface area contributed by atoms with E-state index in [0.29, 0.717) is 13.2 Å². The second kappa shape index (κ2) is 5.86. The van der Waals surface area contributed by atoms with Crippen LogP contribution in [0.25, 0.3) is 15.9 Å². The third-order valence-corrected chi connectivity index (χ3v) is 5.29. The highest BCUT2D eigenvalue weighted by atomic mass is 32.1. The summed E-state index contributed by atoms with van der Waals surface area (Å²) in [7, 11) is 1.59. The highest BCUT2D eigenvalue weighted by molar-refractivity contribution is 7.19. The van der Waals surface area contributed by atoms with E-state index in [0.717, 1.165) is 28.7 Å². The number of hydrogen-bond donors (Lipinski definition) is 1. The highest BCUT2D eigenvalue weighted by Crippen LogP contribution is 2.36. The largest absolute Gasteiger partial charge is 0.383 e. The second-order valence-corrected chi connectivity index (χ2v) is 6.67. The molecule has 0 aromatic carbocycles. The molecule has 7 nitrogen and oxygen atoms in total. The molecule has 23 heavy (non-hydrogen) atoms. The van der Waals surface area contributed by atoms with Gasteiger partial charge in [-0.1, -0.05) is 0 Å². The Balaban J connectivity index is 1.77. The molecular weight excluding hydrogens is 314 g/mol. The van der Waals surface area contributed by atoms with E-state index < -0.39 is 0 Å². The van der Waals surface area contributed by atoms with E-state index in [1.54, 1.807) is 29.3 Å². The molecule has 120 valence electrons. The summed E-state index contributed by atoms with van der Waals surface area (Å²) in [6.07, 6.45) is 6.23. The SMILES string of the molecule is COCCNC(=O)c1nc2c3c4c(sc3ncn2n1)CCCC4. The first-order valence-electron chi connectivity index (χ1n) is 7.70. The van der Waals surface area contributed by atoms with E-state index in [1.807, 2.05) is 0 Å². The maximum Gasteiger partial charge on any atom is 0.291 e. The molecule has 0 radical (unpaired) electrons. The van der Waals surface area contributed by atoms with Crippen LogP contribution in [0.4, 0.5) is 0 Å². The van der Waals surface area contributed by atoms with Gasteiger partial charge in [0, 0.05) is 18.5 Å². The van der Waals surface area contributed by atoms with Crippen molar-refractivity contribution >= 4 is 33.1 Å². The van der Waals surface area contributed by atoms with Gasteiger partial charge in [0.15, 0.2) is 5.65 Å². The van der Waals surface area contributed by atoms with Crippen LogP contribution in [0.1, 0.15) is 33.9 Å². The van der Waals surface area contributed by atoms with Crippen molar-refractivity contribution in [3.05, 3.63) is 22.6 Å². The first kappa shape index (κ1) is 14.5. The van der Waals surface area contributed by atoms with Crippen molar-refractivity contribution in [2.75, 3.05) is 20.3 Å². The summed E-state index contributed by atoms with van der Waals surface area (Å²) < 4.78 is 6.53. The molecule has 3 aromatic rings. The van der Waals surface area contributed by atoms with Crippen LogP contribution in [0.15, 0.2) is 6.33 Å². The third-order valence-electron chi connectivity index (χ3n) is 4.09. The topological polar surface area (TPSA) is 81.4 Å². The molecular formula is C15H17N5O2S. The lowest BCUT2D eigenvalue weighted by molar-refractivity contribution is 0.0927. The summed E-state index contributed by atoms with van der Waals surface area (Å²) in [5.41, 5.74) is 2.07. The molecule has 3 heterocycles. The minimum Gasteiger partial charge on any atom is -0.383 e. The number of thiophene rings is 1. The molecule has 1 aliphatic carbocycles. The Kier molecular flexibility index (Phi) is 3.70. The first-order valence-corrected chi connectivity index (χ1v) is 8.52. The van der Waals surface area contributed by atoms with Crippen LogP contribution >= 0.6 is 11.3 Å². The number of carbonyl (C=O) groups excluding carboxylic acids is 1. The summed E-state index contributed by atoms with van der Waals surface area (Å²) in [4.78, 5) is 23.5. The summed E-state index contributed by atoms with van der Waals surface area (Å²) in [5, 5.41) is 8.08. The van der Waals surface area contributed by atoms with Crippen LogP contribution < -0.4 is 5.32 Å². The number of aryl methyl sites for hydroxylation is 2. The molecule has 0 bridgehead atoms. The zero-order valence-electron chi connectivity index (χ0n) is 12.8. The van der Waals surface area contributed by atoms with Crippen molar-refractivity contribution in [2.45, 2.75) is 25.7 Å². The molecule has 0 aliphatic heterocycles. The van der Waals surface area contributed by atoms with Crippen molar-refractivity contribution in [3.63, 3.8) is 0 Å². The van der Waals surface area contributed by atoms with Gasteiger partial charge in [-0.3, -0.25) is 4.79 Å². The van der Waals surface area contributed by atoms with Gasteiger partial charge in [-0.05, 0) is 31.2 Å². The Labute approximate surface area is 136 Å². The number of methoxy groups -OCH3 is 1. The number of nitrogens with zero attached hydrogens (tertiary/aromatic N) is 4. The van der Waals surface area contributed by atoms with Crippen molar-refractivity contribution in [2.24, 2.45) is 0 Å². The summed E-state index contributed by atoms with van der Waals surface area (Å²) in [6, 6.07) is 0. The van der Waals surface area contributed by atoms with Gasteiger partial charge in [-0.2, -0.15) is 0 Å². The van der Waals surface area contributed by atoms with Gasteiger partial charge in [-0.25, -0.2) is 14.5 Å². The maximum atomic E-state index is 12.1. The predicted octanol–water partition coefficient (Wildman–Crippen LogP) is 1.59. The molecule has 0 saturated carbocycles. The highest BCUT2D eigenvalue weighted by Gasteiger charge is 2.21. The normalized spacial score (nSPS) is 14.3. The number of amides is 1. The van der Waals surface area contributed by atoms with Gasteiger partial charge in [0.2, 0.25) is 5.82 Å². The van der Waals surface area contributed by atoms with Gasteiger partial charge in [0.25, 0.3) is 5.91 Å². The molecule has 1 aliphatic rings. The molecule has 1 amide bonds. The van der Waals surface area contributed by atoms with Gasteiger partial charge >= 0.3 is 0 Å². The molecule has 8 heteroatoms. The quantitative estimate of drug-likeness (QED) is 0.734. The van der Waals surface area contributed by atoms with Crippen LogP contribution in [0.2, 0.25) is 0 Å². The van der Waals surface area contributed by atoms with Gasteiger partial charge in [0.1, 0.15) is 11.2 Å². The minimum absolute atomic E-state index is 0.172. The Hall–Kier alpha value is -2.06. The molecule has 1 N–H and O–H groups in total. The fourth-order valence-corrected chi connectivity index (χ4v) is 4.22. The van der Waals surface area contributed by atoms with Crippen LogP contribution in [0.3, 0.4) is 0 Å². The average molecular weight is 331 g/mol. The van der Waals surface area contributed by atoms with Gasteiger partial charge < -0.3 is 10.1 Å². The average Bonchev–Trinajstić information content (AvgIpc) is 3.15. The Morgan fingerprint density at radius 1 is 1.43 bits per heavy atom. The molecule has 0 saturated heterocycles. The second-order valence-electron chi connectivity index (χ2n) is 5.59. The number of rotatable bonds is 4. The molecule has 0 atom stereocenters. The number of aromatic nitrogens is 4. The van der Waals surface area contributed by atoms with E-state index in [1.165, 1.54) is 23.3 Å². The van der Waals surface area contributed by atoms with Crippen LogP contribution in [-0.2, 0) is 17.6 Å². The van der Waals surface area contributed by atoms with Crippen molar-refractivity contribution in [1.29, 1.82) is 0 Å². The molecule has 0 spiro atoms. The summed E-state index contributed by atoms with van der Waals surface area (Å²) in [6.45, 7) is 0.898. The Bertz CT molecular complexity index is 885. The van der Waals surface area contributed by atoms with Crippen molar-refractivity contribution < 1.29 is 9.53 Å². The molecule has 0 fully saturated rings. The predicted molar refractivity (Wildman–Crippen MR) is 87.0 cm³/mol. The fraction of sp³-hybridized carbons (Fsp3) is 0.467. The smallest absolute Gasteiger partial charge is 0.291 e. The van der Waals surface area contributed by atoms with Crippen molar-refractivity contribution in [1.82, 2.24) is 24.9 Å². The lowest BCUT2D eigenvalue weighted by atomic mass is 9.97.